The lowest BCUT2D eigenvalue weighted by molar-refractivity contribution is -0.118. The lowest BCUT2D eigenvalue weighted by Crippen LogP contribution is -2.24. The molecule has 0 bridgehead atoms. The summed E-state index contributed by atoms with van der Waals surface area (Å²) >= 11 is 4.89. The lowest BCUT2D eigenvalue weighted by atomic mass is 10.1. The maximum atomic E-state index is 12.4. The van der Waals surface area contributed by atoms with E-state index >= 15 is 0 Å². The Balaban J connectivity index is 1.48. The van der Waals surface area contributed by atoms with Crippen LogP contribution in [0.25, 0.3) is 16.8 Å². The normalized spacial score (nSPS) is 10.9. The van der Waals surface area contributed by atoms with Crippen LogP contribution in [0.3, 0.4) is 0 Å². The second-order valence-corrected chi connectivity index (χ2v) is 8.86. The standard InChI is InChI=1S/C23H21BrN4O2S/c1-15-10-22(31-14-21(29)25-12-16-4-3-5-18(24)11-16)28-23(27-15)20(13-26-28)17-6-8-19(30-2)9-7-17/h3-11,13H,12,14H2,1-2H3,(H,25,29). The van der Waals surface area contributed by atoms with Crippen molar-refractivity contribution < 1.29 is 9.53 Å². The van der Waals surface area contributed by atoms with Gasteiger partial charge in [0.2, 0.25) is 5.91 Å². The van der Waals surface area contributed by atoms with E-state index in [9.17, 15) is 4.79 Å². The van der Waals surface area contributed by atoms with Crippen LogP contribution in [0.15, 0.2) is 70.3 Å². The highest BCUT2D eigenvalue weighted by molar-refractivity contribution is 9.10. The number of amides is 1. The van der Waals surface area contributed by atoms with Crippen LogP contribution in [0.5, 0.6) is 5.75 Å². The second kappa shape index (κ2) is 9.53. The van der Waals surface area contributed by atoms with Gasteiger partial charge >= 0.3 is 0 Å². The number of hydrogen-bond donors (Lipinski definition) is 1. The summed E-state index contributed by atoms with van der Waals surface area (Å²) in [7, 11) is 1.65. The van der Waals surface area contributed by atoms with Crippen LogP contribution in [0.4, 0.5) is 0 Å². The van der Waals surface area contributed by atoms with Crippen LogP contribution >= 0.6 is 27.7 Å². The topological polar surface area (TPSA) is 68.5 Å². The molecule has 1 N–H and O–H groups in total. The minimum absolute atomic E-state index is 0.0323. The number of aromatic nitrogens is 3. The van der Waals surface area contributed by atoms with E-state index in [2.05, 4.69) is 31.3 Å². The number of benzene rings is 2. The lowest BCUT2D eigenvalue weighted by Gasteiger charge is -2.08. The smallest absolute Gasteiger partial charge is 0.230 e. The summed E-state index contributed by atoms with van der Waals surface area (Å²) < 4.78 is 8.03. The molecule has 0 spiro atoms. The molecule has 0 unspecified atom stereocenters. The number of hydrogen-bond acceptors (Lipinski definition) is 5. The average Bonchev–Trinajstić information content (AvgIpc) is 3.20. The summed E-state index contributed by atoms with van der Waals surface area (Å²) in [6, 6.07) is 17.7. The van der Waals surface area contributed by atoms with Gasteiger partial charge in [0.25, 0.3) is 0 Å². The van der Waals surface area contributed by atoms with Crippen LogP contribution in [0.2, 0.25) is 0 Å². The van der Waals surface area contributed by atoms with E-state index in [0.29, 0.717) is 12.3 Å². The monoisotopic (exact) mass is 496 g/mol. The zero-order valence-corrected chi connectivity index (χ0v) is 19.5. The van der Waals surface area contributed by atoms with Gasteiger partial charge in [0.05, 0.1) is 19.1 Å². The molecule has 0 aliphatic heterocycles. The predicted octanol–water partition coefficient (Wildman–Crippen LogP) is 4.88. The van der Waals surface area contributed by atoms with Crippen LogP contribution in [-0.2, 0) is 11.3 Å². The molecule has 0 aliphatic carbocycles. The molecule has 8 heteroatoms. The molecule has 2 aromatic heterocycles. The number of carbonyl (C=O) groups excluding carboxylic acids is 1. The van der Waals surface area contributed by atoms with Crippen LogP contribution < -0.4 is 10.1 Å². The van der Waals surface area contributed by atoms with E-state index in [-0.39, 0.29) is 5.91 Å². The molecule has 0 saturated heterocycles. The molecule has 1 amide bonds. The first kappa shape index (κ1) is 21.4. The van der Waals surface area contributed by atoms with Gasteiger partial charge in [-0.1, -0.05) is 52.0 Å². The summed E-state index contributed by atoms with van der Waals surface area (Å²) in [4.78, 5) is 17.1. The van der Waals surface area contributed by atoms with Crippen molar-refractivity contribution in [2.45, 2.75) is 18.5 Å². The van der Waals surface area contributed by atoms with Crippen molar-refractivity contribution in [3.8, 4) is 16.9 Å². The predicted molar refractivity (Wildman–Crippen MR) is 126 cm³/mol. The highest BCUT2D eigenvalue weighted by Crippen LogP contribution is 2.28. The number of aryl methyl sites for hydroxylation is 1. The van der Waals surface area contributed by atoms with Crippen molar-refractivity contribution in [3.05, 3.63) is 76.5 Å². The highest BCUT2D eigenvalue weighted by atomic mass is 79.9. The van der Waals surface area contributed by atoms with E-state index in [0.717, 1.165) is 43.3 Å². The molecule has 0 fully saturated rings. The van der Waals surface area contributed by atoms with E-state index in [1.165, 1.54) is 11.8 Å². The van der Waals surface area contributed by atoms with Crippen molar-refractivity contribution in [3.63, 3.8) is 0 Å². The first-order valence-corrected chi connectivity index (χ1v) is 11.4. The molecule has 0 aliphatic rings. The fourth-order valence-electron chi connectivity index (χ4n) is 3.17. The number of rotatable bonds is 7. The first-order chi connectivity index (χ1) is 15.0. The SMILES string of the molecule is COc1ccc(-c2cnn3c(SCC(=O)NCc4cccc(Br)c4)cc(C)nc23)cc1. The zero-order valence-electron chi connectivity index (χ0n) is 17.1. The van der Waals surface area contributed by atoms with Crippen molar-refractivity contribution in [1.29, 1.82) is 0 Å². The number of nitrogens with zero attached hydrogens (tertiary/aromatic N) is 3. The third-order valence-corrected chi connectivity index (χ3v) is 6.18. The molecule has 31 heavy (non-hydrogen) atoms. The van der Waals surface area contributed by atoms with Crippen molar-refractivity contribution >= 4 is 39.2 Å². The minimum Gasteiger partial charge on any atom is -0.497 e. The Bertz CT molecular complexity index is 1220. The van der Waals surface area contributed by atoms with Gasteiger partial charge in [0.1, 0.15) is 10.8 Å². The minimum atomic E-state index is -0.0323. The molecule has 4 rings (SSSR count). The molecule has 158 valence electrons. The summed E-state index contributed by atoms with van der Waals surface area (Å²) in [6.07, 6.45) is 1.81. The fraction of sp³-hybridized carbons (Fsp3) is 0.174. The molecule has 0 radical (unpaired) electrons. The molecule has 0 atom stereocenters. The Labute approximate surface area is 193 Å². The molecule has 4 aromatic rings. The van der Waals surface area contributed by atoms with Gasteiger partial charge in [-0.25, -0.2) is 9.50 Å². The van der Waals surface area contributed by atoms with Gasteiger partial charge in [0.15, 0.2) is 5.65 Å². The first-order valence-electron chi connectivity index (χ1n) is 9.67. The Morgan fingerprint density at radius 3 is 2.74 bits per heavy atom. The van der Waals surface area contributed by atoms with Crippen LogP contribution in [0.1, 0.15) is 11.3 Å². The van der Waals surface area contributed by atoms with Crippen molar-refractivity contribution in [2.24, 2.45) is 0 Å². The Morgan fingerprint density at radius 1 is 1.19 bits per heavy atom. The maximum absolute atomic E-state index is 12.4. The Hall–Kier alpha value is -2.84. The third kappa shape index (κ3) is 5.08. The highest BCUT2D eigenvalue weighted by Gasteiger charge is 2.14. The molecule has 2 heterocycles. The quantitative estimate of drug-likeness (QED) is 0.291. The van der Waals surface area contributed by atoms with Gasteiger partial charge < -0.3 is 10.1 Å². The van der Waals surface area contributed by atoms with Crippen LogP contribution in [-0.4, -0.2) is 33.4 Å². The van der Waals surface area contributed by atoms with Gasteiger partial charge in [-0.3, -0.25) is 4.79 Å². The Kier molecular flexibility index (Phi) is 6.58. The largest absolute Gasteiger partial charge is 0.497 e. The number of halogens is 1. The van der Waals surface area contributed by atoms with Gasteiger partial charge in [-0.15, -0.1) is 0 Å². The number of methoxy groups -OCH3 is 1. The number of ether oxygens (including phenoxy) is 1. The van der Waals surface area contributed by atoms with Gasteiger partial charge in [-0.05, 0) is 48.4 Å². The average molecular weight is 497 g/mol. The van der Waals surface area contributed by atoms with E-state index in [4.69, 9.17) is 4.74 Å². The van der Waals surface area contributed by atoms with E-state index in [1.54, 1.807) is 17.8 Å². The van der Waals surface area contributed by atoms with E-state index in [1.807, 2.05) is 61.5 Å². The van der Waals surface area contributed by atoms with Crippen molar-refractivity contribution in [2.75, 3.05) is 12.9 Å². The van der Waals surface area contributed by atoms with Crippen LogP contribution in [0, 0.1) is 6.92 Å². The summed E-state index contributed by atoms with van der Waals surface area (Å²) in [6.45, 7) is 2.44. The fourth-order valence-corrected chi connectivity index (χ4v) is 4.50. The van der Waals surface area contributed by atoms with E-state index < -0.39 is 0 Å². The molecule has 0 saturated carbocycles. The van der Waals surface area contributed by atoms with Gasteiger partial charge in [0, 0.05) is 22.3 Å². The zero-order chi connectivity index (χ0) is 21.8. The van der Waals surface area contributed by atoms with Gasteiger partial charge in [-0.2, -0.15) is 5.10 Å². The third-order valence-electron chi connectivity index (χ3n) is 4.70. The number of fused-ring (bicyclic) bond motifs is 1. The molecule has 2 aromatic carbocycles. The summed E-state index contributed by atoms with van der Waals surface area (Å²) in [5.41, 5.74) is 4.64. The summed E-state index contributed by atoms with van der Waals surface area (Å²) in [5, 5.41) is 8.36. The summed E-state index contributed by atoms with van der Waals surface area (Å²) in [5.74, 6) is 1.06. The molecular formula is C23H21BrN4O2S. The maximum Gasteiger partial charge on any atom is 0.230 e. The number of nitrogens with one attached hydrogen (secondary N) is 1. The van der Waals surface area contributed by atoms with Crippen molar-refractivity contribution in [1.82, 2.24) is 19.9 Å². The molecular weight excluding hydrogens is 476 g/mol. The molecule has 6 nitrogen and oxygen atoms in total. The Morgan fingerprint density at radius 2 is 2.00 bits per heavy atom. The second-order valence-electron chi connectivity index (χ2n) is 6.95. The number of thioether (sulfide) groups is 1. The number of carbonyl (C=O) groups is 1.